The van der Waals surface area contributed by atoms with Crippen LogP contribution in [0.25, 0.3) is 5.70 Å². The van der Waals surface area contributed by atoms with Crippen molar-refractivity contribution in [2.75, 3.05) is 7.05 Å². The molecular formula is C23H29FN2O2. The van der Waals surface area contributed by atoms with Crippen molar-refractivity contribution >= 4 is 12.4 Å². The number of benzene rings is 1. The van der Waals surface area contributed by atoms with E-state index >= 15 is 0 Å². The van der Waals surface area contributed by atoms with Gasteiger partial charge in [-0.1, -0.05) is 12.1 Å². The first kappa shape index (κ1) is 18.3. The predicted octanol–water partition coefficient (Wildman–Crippen LogP) is 3.75. The van der Waals surface area contributed by atoms with Gasteiger partial charge in [0, 0.05) is 24.6 Å². The third-order valence-corrected chi connectivity index (χ3v) is 8.15. The van der Waals surface area contributed by atoms with Gasteiger partial charge in [0.25, 0.3) is 0 Å². The van der Waals surface area contributed by atoms with Crippen molar-refractivity contribution in [1.82, 2.24) is 4.90 Å². The van der Waals surface area contributed by atoms with Crippen LogP contribution in [-0.4, -0.2) is 40.6 Å². The molecule has 5 heteroatoms. The number of rotatable bonds is 4. The van der Waals surface area contributed by atoms with Crippen molar-refractivity contribution < 1.29 is 14.6 Å². The quantitative estimate of drug-likeness (QED) is 0.778. The molecule has 28 heavy (non-hydrogen) atoms. The summed E-state index contributed by atoms with van der Waals surface area (Å²) in [6.07, 6.45) is 6.49. The van der Waals surface area contributed by atoms with Crippen molar-refractivity contribution in [3.05, 3.63) is 41.3 Å². The van der Waals surface area contributed by atoms with Crippen LogP contribution in [0.5, 0.6) is 0 Å². The Morgan fingerprint density at radius 3 is 2.50 bits per heavy atom. The minimum Gasteiger partial charge on any atom is -0.390 e. The Hall–Kier alpha value is -1.72. The molecule has 0 amide bonds. The zero-order chi connectivity index (χ0) is 19.6. The van der Waals surface area contributed by atoms with E-state index in [1.54, 1.807) is 12.3 Å². The third kappa shape index (κ3) is 2.45. The molecule has 5 aliphatic rings. The lowest BCUT2D eigenvalue weighted by Gasteiger charge is -2.60. The van der Waals surface area contributed by atoms with E-state index in [0.717, 1.165) is 48.8 Å². The van der Waals surface area contributed by atoms with Gasteiger partial charge in [-0.25, -0.2) is 4.39 Å². The fourth-order valence-electron chi connectivity index (χ4n) is 7.06. The Morgan fingerprint density at radius 1 is 1.25 bits per heavy atom. The summed E-state index contributed by atoms with van der Waals surface area (Å²) in [5, 5.41) is 23.0. The number of halogens is 1. The molecule has 1 heterocycles. The van der Waals surface area contributed by atoms with E-state index in [-0.39, 0.29) is 23.7 Å². The molecule has 1 aromatic carbocycles. The van der Waals surface area contributed by atoms with Crippen LogP contribution < -0.4 is 0 Å². The Labute approximate surface area is 165 Å². The van der Waals surface area contributed by atoms with Gasteiger partial charge in [0.05, 0.1) is 29.6 Å². The normalized spacial score (nSPS) is 40.8. The van der Waals surface area contributed by atoms with Crippen LogP contribution in [0.3, 0.4) is 0 Å². The van der Waals surface area contributed by atoms with Gasteiger partial charge < -0.3 is 15.1 Å². The first-order valence-electron chi connectivity index (χ1n) is 10.5. The summed E-state index contributed by atoms with van der Waals surface area (Å²) in [4.78, 5) is 5.85. The Bertz CT molecular complexity index is 808. The molecule has 1 aliphatic heterocycles. The van der Waals surface area contributed by atoms with Crippen LogP contribution >= 0.6 is 0 Å². The summed E-state index contributed by atoms with van der Waals surface area (Å²) >= 11 is 0. The van der Waals surface area contributed by atoms with Crippen LogP contribution in [0.4, 0.5) is 4.39 Å². The van der Waals surface area contributed by atoms with Crippen LogP contribution in [0, 0.1) is 29.5 Å². The molecule has 150 valence electrons. The van der Waals surface area contributed by atoms with Crippen molar-refractivity contribution in [3.63, 3.8) is 0 Å². The lowest BCUT2D eigenvalue weighted by atomic mass is 9.48. The van der Waals surface area contributed by atoms with Gasteiger partial charge in [0.2, 0.25) is 0 Å². The van der Waals surface area contributed by atoms with E-state index in [1.807, 2.05) is 18.0 Å². The molecule has 1 unspecified atom stereocenters. The highest BCUT2D eigenvalue weighted by Crippen LogP contribution is 2.60. The van der Waals surface area contributed by atoms with Gasteiger partial charge in [-0.3, -0.25) is 4.99 Å². The lowest BCUT2D eigenvalue weighted by molar-refractivity contribution is -0.224. The molecule has 4 aliphatic carbocycles. The molecule has 0 radical (unpaired) electrons. The lowest BCUT2D eigenvalue weighted by Crippen LogP contribution is -2.63. The number of hydrogen-bond donors (Lipinski definition) is 2. The number of hydrogen-bond acceptors (Lipinski definition) is 4. The first-order chi connectivity index (χ1) is 13.4. The molecule has 6 rings (SSSR count). The van der Waals surface area contributed by atoms with Crippen molar-refractivity contribution in [1.29, 1.82) is 0 Å². The molecule has 1 aromatic rings. The van der Waals surface area contributed by atoms with Crippen LogP contribution in [0.15, 0.2) is 29.4 Å². The van der Waals surface area contributed by atoms with Crippen molar-refractivity contribution in [3.8, 4) is 0 Å². The summed E-state index contributed by atoms with van der Waals surface area (Å²) in [7, 11) is 1.90. The highest BCUT2D eigenvalue weighted by Gasteiger charge is 2.60. The minimum absolute atomic E-state index is 0.176. The van der Waals surface area contributed by atoms with Gasteiger partial charge in [-0.2, -0.15) is 0 Å². The van der Waals surface area contributed by atoms with E-state index in [0.29, 0.717) is 12.0 Å². The maximum absolute atomic E-state index is 14.8. The second-order valence-corrected chi connectivity index (χ2v) is 9.47. The minimum atomic E-state index is -1.04. The third-order valence-electron chi connectivity index (χ3n) is 8.15. The molecule has 4 bridgehead atoms. The van der Waals surface area contributed by atoms with E-state index in [1.165, 1.54) is 12.5 Å². The summed E-state index contributed by atoms with van der Waals surface area (Å²) in [5.74, 6) is 1.52. The summed E-state index contributed by atoms with van der Waals surface area (Å²) < 4.78 is 14.8. The topological polar surface area (TPSA) is 56.1 Å². The molecular weight excluding hydrogens is 355 g/mol. The van der Waals surface area contributed by atoms with Gasteiger partial charge in [-0.05, 0) is 68.6 Å². The number of aliphatic hydroxyl groups is 2. The smallest absolute Gasteiger partial charge is 0.129 e. The predicted molar refractivity (Wildman–Crippen MR) is 107 cm³/mol. The standard InChI is InChI=1S/C23H29FN2O2/c1-25-12-20-17-4-3-5-18(24)22(17)19(26(20)2)11-21(27)23(28)15-7-13-6-14(9-15)10-16(23)8-13/h3-5,12-16,19,21,27-28H,1,6-11H2,2H3/b20-12-/t13?,14?,15?,16?,19?,21-,23?/m1/s1. The van der Waals surface area contributed by atoms with Crippen LogP contribution in [0.1, 0.15) is 55.7 Å². The average Bonchev–Trinajstić information content (AvgIpc) is 2.92. The zero-order valence-corrected chi connectivity index (χ0v) is 16.4. The largest absolute Gasteiger partial charge is 0.390 e. The average molecular weight is 384 g/mol. The number of fused-ring (bicyclic) bond motifs is 1. The van der Waals surface area contributed by atoms with Gasteiger partial charge in [0.1, 0.15) is 5.82 Å². The molecule has 4 fully saturated rings. The van der Waals surface area contributed by atoms with Crippen LogP contribution in [-0.2, 0) is 0 Å². The summed E-state index contributed by atoms with van der Waals surface area (Å²) in [5.41, 5.74) is 1.15. The zero-order valence-electron chi connectivity index (χ0n) is 16.4. The molecule has 0 spiro atoms. The van der Waals surface area contributed by atoms with E-state index in [2.05, 4.69) is 11.7 Å². The van der Waals surface area contributed by atoms with Gasteiger partial charge >= 0.3 is 0 Å². The Kier molecular flexibility index (Phi) is 4.18. The molecule has 0 saturated heterocycles. The van der Waals surface area contributed by atoms with Gasteiger partial charge in [-0.15, -0.1) is 0 Å². The van der Waals surface area contributed by atoms with Crippen molar-refractivity contribution in [2.45, 2.75) is 56.3 Å². The number of aliphatic hydroxyl groups excluding tert-OH is 1. The van der Waals surface area contributed by atoms with E-state index < -0.39 is 11.7 Å². The second-order valence-electron chi connectivity index (χ2n) is 9.47. The van der Waals surface area contributed by atoms with E-state index in [4.69, 9.17) is 0 Å². The van der Waals surface area contributed by atoms with Crippen molar-refractivity contribution in [2.24, 2.45) is 28.7 Å². The monoisotopic (exact) mass is 384 g/mol. The molecule has 2 N–H and O–H groups in total. The summed E-state index contributed by atoms with van der Waals surface area (Å²) in [6, 6.07) is 4.73. The molecule has 4 nitrogen and oxygen atoms in total. The Morgan fingerprint density at radius 2 is 1.89 bits per heavy atom. The fraction of sp³-hybridized carbons (Fsp3) is 0.609. The fourth-order valence-corrected chi connectivity index (χ4v) is 7.06. The molecule has 2 atom stereocenters. The SMILES string of the molecule is C=N/C=C1/c2cccc(F)c2C(C[C@@H](O)C2(O)C3CC4CC(C3)CC2C4)N1C. The van der Waals surface area contributed by atoms with E-state index in [9.17, 15) is 14.6 Å². The molecule has 4 saturated carbocycles. The van der Waals surface area contributed by atoms with Crippen LogP contribution in [0.2, 0.25) is 0 Å². The highest BCUT2D eigenvalue weighted by atomic mass is 19.1. The molecule has 0 aromatic heterocycles. The first-order valence-corrected chi connectivity index (χ1v) is 10.5. The second kappa shape index (κ2) is 6.39. The maximum Gasteiger partial charge on any atom is 0.129 e. The Balaban J connectivity index is 1.46. The van der Waals surface area contributed by atoms with Gasteiger partial charge in [0.15, 0.2) is 0 Å². The summed E-state index contributed by atoms with van der Waals surface area (Å²) in [6.45, 7) is 3.54. The maximum atomic E-state index is 14.8. The number of aliphatic imine (C=N–C) groups is 1. The number of nitrogens with zero attached hydrogens (tertiary/aromatic N) is 2. The highest BCUT2D eigenvalue weighted by molar-refractivity contribution is 5.72.